The number of rotatable bonds is 5. The molecule has 9 nitrogen and oxygen atoms in total. The number of carbonyl (C=O) groups is 3. The monoisotopic (exact) mass is 491 g/mol. The summed E-state index contributed by atoms with van der Waals surface area (Å²) in [4.78, 5) is 47.8. The smallest absolute Gasteiger partial charge is 0.406 e. The summed E-state index contributed by atoms with van der Waals surface area (Å²) in [6.07, 6.45) is -1.87. The van der Waals surface area contributed by atoms with Crippen LogP contribution in [0.5, 0.6) is 5.75 Å². The fourth-order valence-corrected chi connectivity index (χ4v) is 4.22. The van der Waals surface area contributed by atoms with Gasteiger partial charge >= 0.3 is 12.4 Å². The third-order valence-corrected chi connectivity index (χ3v) is 6.16. The van der Waals surface area contributed by atoms with Crippen LogP contribution in [0.15, 0.2) is 42.7 Å². The van der Waals surface area contributed by atoms with Crippen molar-refractivity contribution < 1.29 is 32.3 Å². The number of amides is 4. The van der Waals surface area contributed by atoms with Crippen LogP contribution >= 0.6 is 0 Å². The number of alkyl halides is 3. The standard InChI is InChI=1S/C23H24F3N5O4/c1-14(17-7-8-27-13-18(17)20(32)30-11-9-29(2)10-12-30)19-21(33)31(22(34)28-19)15-3-5-16(6-4-15)35-23(24,25)26/h3-8,13-14,19H,9-12H2,1-2H3,(H,28,34). The van der Waals surface area contributed by atoms with Crippen LogP contribution in [-0.4, -0.2) is 78.3 Å². The van der Waals surface area contributed by atoms with Crippen LogP contribution < -0.4 is 15.0 Å². The lowest BCUT2D eigenvalue weighted by Crippen LogP contribution is -2.47. The summed E-state index contributed by atoms with van der Waals surface area (Å²) in [6, 6.07) is 4.40. The van der Waals surface area contributed by atoms with E-state index in [0.29, 0.717) is 24.2 Å². The first-order chi connectivity index (χ1) is 16.5. The zero-order valence-electron chi connectivity index (χ0n) is 19.1. The van der Waals surface area contributed by atoms with Crippen molar-refractivity contribution in [3.63, 3.8) is 0 Å². The summed E-state index contributed by atoms with van der Waals surface area (Å²) in [5, 5.41) is 2.63. The molecule has 3 heterocycles. The van der Waals surface area contributed by atoms with Gasteiger partial charge in [-0.3, -0.25) is 14.6 Å². The fraction of sp³-hybridized carbons (Fsp3) is 0.391. The van der Waals surface area contributed by atoms with Gasteiger partial charge in [-0.15, -0.1) is 13.2 Å². The van der Waals surface area contributed by atoms with Gasteiger partial charge in [0.1, 0.15) is 11.8 Å². The van der Waals surface area contributed by atoms with Crippen LogP contribution in [0.2, 0.25) is 0 Å². The second-order valence-corrected chi connectivity index (χ2v) is 8.49. The van der Waals surface area contributed by atoms with E-state index in [4.69, 9.17) is 0 Å². The molecule has 0 aliphatic carbocycles. The van der Waals surface area contributed by atoms with Gasteiger partial charge in [0.15, 0.2) is 0 Å². The number of imide groups is 1. The molecule has 4 rings (SSSR count). The lowest BCUT2D eigenvalue weighted by atomic mass is 9.90. The minimum absolute atomic E-state index is 0.0974. The Bertz CT molecular complexity index is 1120. The molecule has 2 unspecified atom stereocenters. The quantitative estimate of drug-likeness (QED) is 0.647. The molecular weight excluding hydrogens is 467 g/mol. The van der Waals surface area contributed by atoms with Crippen LogP contribution in [0.3, 0.4) is 0 Å². The number of carbonyl (C=O) groups excluding carboxylic acids is 3. The van der Waals surface area contributed by atoms with Gasteiger partial charge in [-0.25, -0.2) is 9.69 Å². The highest BCUT2D eigenvalue weighted by Gasteiger charge is 2.43. The normalized spacial score (nSPS) is 20.1. The van der Waals surface area contributed by atoms with Crippen LogP contribution in [0.1, 0.15) is 28.8 Å². The molecule has 0 spiro atoms. The Morgan fingerprint density at radius 2 is 1.77 bits per heavy atom. The van der Waals surface area contributed by atoms with Crippen molar-refractivity contribution in [1.29, 1.82) is 0 Å². The number of likely N-dealkylation sites (N-methyl/N-ethyl adjacent to an activating group) is 1. The average Bonchev–Trinajstić information content (AvgIpc) is 3.12. The van der Waals surface area contributed by atoms with Crippen molar-refractivity contribution in [1.82, 2.24) is 20.1 Å². The molecule has 0 bridgehead atoms. The summed E-state index contributed by atoms with van der Waals surface area (Å²) in [6.45, 7) is 4.35. The summed E-state index contributed by atoms with van der Waals surface area (Å²) in [7, 11) is 1.98. The molecule has 2 aliphatic rings. The number of anilines is 1. The van der Waals surface area contributed by atoms with E-state index >= 15 is 0 Å². The molecule has 0 radical (unpaired) electrons. The van der Waals surface area contributed by atoms with E-state index in [1.54, 1.807) is 17.9 Å². The van der Waals surface area contributed by atoms with E-state index < -0.39 is 36.0 Å². The lowest BCUT2D eigenvalue weighted by molar-refractivity contribution is -0.274. The molecule has 186 valence electrons. The number of nitrogens with zero attached hydrogens (tertiary/aromatic N) is 4. The number of piperazine rings is 1. The number of hydrogen-bond donors (Lipinski definition) is 1. The lowest BCUT2D eigenvalue weighted by Gasteiger charge is -2.33. The van der Waals surface area contributed by atoms with E-state index in [1.165, 1.54) is 24.5 Å². The minimum atomic E-state index is -4.85. The number of aromatic nitrogens is 1. The highest BCUT2D eigenvalue weighted by Crippen LogP contribution is 2.31. The zero-order chi connectivity index (χ0) is 25.3. The summed E-state index contributed by atoms with van der Waals surface area (Å²) >= 11 is 0. The Labute approximate surface area is 199 Å². The number of ether oxygens (including phenoxy) is 1. The maximum atomic E-state index is 13.2. The number of halogens is 3. The summed E-state index contributed by atoms with van der Waals surface area (Å²) in [5.41, 5.74) is 1.03. The molecule has 4 amide bonds. The third kappa shape index (κ3) is 5.21. The molecule has 35 heavy (non-hydrogen) atoms. The number of urea groups is 1. The van der Waals surface area contributed by atoms with Gasteiger partial charge in [-0.05, 0) is 42.9 Å². The highest BCUT2D eigenvalue weighted by atomic mass is 19.4. The number of benzene rings is 1. The van der Waals surface area contributed by atoms with Crippen molar-refractivity contribution in [3.05, 3.63) is 53.9 Å². The fourth-order valence-electron chi connectivity index (χ4n) is 4.22. The van der Waals surface area contributed by atoms with Gasteiger partial charge < -0.3 is 19.9 Å². The van der Waals surface area contributed by atoms with E-state index in [1.807, 2.05) is 7.05 Å². The molecule has 0 saturated carbocycles. The Kier molecular flexibility index (Phi) is 6.66. The number of pyridine rings is 1. The zero-order valence-corrected chi connectivity index (χ0v) is 19.1. The molecule has 2 saturated heterocycles. The number of nitrogens with one attached hydrogen (secondary N) is 1. The average molecular weight is 491 g/mol. The van der Waals surface area contributed by atoms with Gasteiger partial charge in [0.05, 0.1) is 11.3 Å². The molecular formula is C23H24F3N5O4. The molecule has 2 atom stereocenters. The van der Waals surface area contributed by atoms with Crippen LogP contribution in [0.25, 0.3) is 0 Å². The van der Waals surface area contributed by atoms with Crippen molar-refractivity contribution in [2.75, 3.05) is 38.1 Å². The van der Waals surface area contributed by atoms with Crippen LogP contribution in [-0.2, 0) is 4.79 Å². The Hall–Kier alpha value is -3.67. The van der Waals surface area contributed by atoms with Crippen molar-refractivity contribution >= 4 is 23.5 Å². The van der Waals surface area contributed by atoms with Crippen LogP contribution in [0, 0.1) is 0 Å². The van der Waals surface area contributed by atoms with Gasteiger partial charge in [0.25, 0.3) is 11.8 Å². The molecule has 2 aliphatic heterocycles. The molecule has 2 aromatic rings. The second kappa shape index (κ2) is 9.53. The van der Waals surface area contributed by atoms with Crippen LogP contribution in [0.4, 0.5) is 23.7 Å². The first kappa shape index (κ1) is 24.5. The Balaban J connectivity index is 1.53. The summed E-state index contributed by atoms with van der Waals surface area (Å²) < 4.78 is 41.1. The van der Waals surface area contributed by atoms with E-state index in [-0.39, 0.29) is 11.6 Å². The molecule has 12 heteroatoms. The predicted octanol–water partition coefficient (Wildman–Crippen LogP) is 2.60. The van der Waals surface area contributed by atoms with E-state index in [0.717, 1.165) is 30.1 Å². The first-order valence-electron chi connectivity index (χ1n) is 11.0. The largest absolute Gasteiger partial charge is 0.573 e. The Morgan fingerprint density at radius 3 is 2.40 bits per heavy atom. The molecule has 1 aromatic heterocycles. The van der Waals surface area contributed by atoms with E-state index in [9.17, 15) is 27.6 Å². The maximum Gasteiger partial charge on any atom is 0.573 e. The first-order valence-corrected chi connectivity index (χ1v) is 11.0. The minimum Gasteiger partial charge on any atom is -0.406 e. The molecule has 1 N–H and O–H groups in total. The van der Waals surface area contributed by atoms with E-state index in [2.05, 4.69) is 19.9 Å². The predicted molar refractivity (Wildman–Crippen MR) is 119 cm³/mol. The topological polar surface area (TPSA) is 95.1 Å². The van der Waals surface area contributed by atoms with Gasteiger partial charge in [0, 0.05) is 44.5 Å². The van der Waals surface area contributed by atoms with Gasteiger partial charge in [-0.1, -0.05) is 6.92 Å². The SMILES string of the molecule is CC(c1ccncc1C(=O)N1CCN(C)CC1)C1NC(=O)N(c2ccc(OC(F)(F)F)cc2)C1=O. The summed E-state index contributed by atoms with van der Waals surface area (Å²) in [5.74, 6) is -1.82. The Morgan fingerprint density at radius 1 is 1.11 bits per heavy atom. The molecule has 2 fully saturated rings. The van der Waals surface area contributed by atoms with Gasteiger partial charge in [0.2, 0.25) is 0 Å². The maximum absolute atomic E-state index is 13.2. The second-order valence-electron chi connectivity index (χ2n) is 8.49. The molecule has 1 aromatic carbocycles. The van der Waals surface area contributed by atoms with Crippen molar-refractivity contribution in [2.24, 2.45) is 0 Å². The highest BCUT2D eigenvalue weighted by molar-refractivity contribution is 6.21. The third-order valence-electron chi connectivity index (χ3n) is 6.16. The van der Waals surface area contributed by atoms with Gasteiger partial charge in [-0.2, -0.15) is 0 Å². The van der Waals surface area contributed by atoms with Crippen molar-refractivity contribution in [2.45, 2.75) is 25.2 Å². The number of hydrogen-bond acceptors (Lipinski definition) is 6. The van der Waals surface area contributed by atoms with Crippen molar-refractivity contribution in [3.8, 4) is 5.75 Å².